The summed E-state index contributed by atoms with van der Waals surface area (Å²) in [6.07, 6.45) is 2.56. The van der Waals surface area contributed by atoms with E-state index in [9.17, 15) is 4.39 Å². The lowest BCUT2D eigenvalue weighted by molar-refractivity contribution is 0.385. The Hall–Kier alpha value is -1.59. The van der Waals surface area contributed by atoms with E-state index in [4.69, 9.17) is 16.3 Å². The van der Waals surface area contributed by atoms with Gasteiger partial charge in [0.1, 0.15) is 0 Å². The van der Waals surface area contributed by atoms with Gasteiger partial charge in [0.25, 0.3) is 0 Å². The van der Waals surface area contributed by atoms with E-state index in [0.717, 1.165) is 24.2 Å². The van der Waals surface area contributed by atoms with Gasteiger partial charge in [-0.3, -0.25) is 4.68 Å². The molecule has 2 rings (SSSR count). The molecule has 1 atom stereocenters. The molecule has 1 aromatic heterocycles. The first-order valence-corrected chi connectivity index (χ1v) is 7.22. The lowest BCUT2D eigenvalue weighted by Gasteiger charge is -2.19. The van der Waals surface area contributed by atoms with Crippen LogP contribution in [0.1, 0.15) is 30.6 Å². The molecule has 0 saturated heterocycles. The van der Waals surface area contributed by atoms with Crippen LogP contribution >= 0.6 is 11.6 Å². The number of hydrogen-bond donors (Lipinski definition) is 1. The molecule has 2 aromatic rings. The molecule has 0 aliphatic heterocycles. The van der Waals surface area contributed by atoms with Crippen molar-refractivity contribution in [1.29, 1.82) is 0 Å². The number of aryl methyl sites for hydroxylation is 1. The van der Waals surface area contributed by atoms with Crippen molar-refractivity contribution in [2.24, 2.45) is 0 Å². The summed E-state index contributed by atoms with van der Waals surface area (Å²) >= 11 is 6.26. The Morgan fingerprint density at radius 2 is 2.24 bits per heavy atom. The van der Waals surface area contributed by atoms with Gasteiger partial charge < -0.3 is 10.1 Å². The van der Waals surface area contributed by atoms with E-state index in [-0.39, 0.29) is 11.8 Å². The van der Waals surface area contributed by atoms with Crippen molar-refractivity contribution in [2.75, 3.05) is 14.2 Å². The van der Waals surface area contributed by atoms with Gasteiger partial charge in [0.2, 0.25) is 0 Å². The summed E-state index contributed by atoms with van der Waals surface area (Å²) in [6, 6.07) is 4.66. The van der Waals surface area contributed by atoms with Gasteiger partial charge in [0.05, 0.1) is 30.1 Å². The van der Waals surface area contributed by atoms with Crippen LogP contribution in [0.5, 0.6) is 5.75 Å². The maximum atomic E-state index is 13.9. The SMILES string of the molecule is CCCn1ncc(Cl)c1C(NC)c1ccc(OC)c(F)c1. The van der Waals surface area contributed by atoms with E-state index in [2.05, 4.69) is 17.3 Å². The summed E-state index contributed by atoms with van der Waals surface area (Å²) in [6.45, 7) is 2.83. The van der Waals surface area contributed by atoms with Crippen LogP contribution in [-0.4, -0.2) is 23.9 Å². The number of methoxy groups -OCH3 is 1. The summed E-state index contributed by atoms with van der Waals surface area (Å²) in [7, 11) is 3.26. The predicted molar refractivity (Wildman–Crippen MR) is 81.4 cm³/mol. The Labute approximate surface area is 128 Å². The molecule has 1 heterocycles. The normalized spacial score (nSPS) is 12.4. The second kappa shape index (κ2) is 6.91. The molecule has 0 radical (unpaired) electrons. The van der Waals surface area contributed by atoms with Gasteiger partial charge in [-0.05, 0) is 31.2 Å². The van der Waals surface area contributed by atoms with Gasteiger partial charge >= 0.3 is 0 Å². The summed E-state index contributed by atoms with van der Waals surface area (Å²) in [5, 5.41) is 8.02. The molecule has 0 fully saturated rings. The first kappa shape index (κ1) is 15.8. The quantitative estimate of drug-likeness (QED) is 0.888. The number of hydrogen-bond acceptors (Lipinski definition) is 3. The van der Waals surface area contributed by atoms with Crippen LogP contribution in [0.2, 0.25) is 5.02 Å². The van der Waals surface area contributed by atoms with Gasteiger partial charge in [-0.2, -0.15) is 5.10 Å². The van der Waals surface area contributed by atoms with E-state index in [1.807, 2.05) is 17.8 Å². The number of benzene rings is 1. The molecular weight excluding hydrogens is 293 g/mol. The second-order valence-electron chi connectivity index (χ2n) is 4.72. The fourth-order valence-electron chi connectivity index (χ4n) is 2.37. The summed E-state index contributed by atoms with van der Waals surface area (Å²) in [5.41, 5.74) is 1.61. The van der Waals surface area contributed by atoms with E-state index in [1.165, 1.54) is 13.2 Å². The molecule has 4 nitrogen and oxygen atoms in total. The number of rotatable bonds is 6. The Balaban J connectivity index is 2.44. The number of ether oxygens (including phenoxy) is 1. The van der Waals surface area contributed by atoms with E-state index in [0.29, 0.717) is 5.02 Å². The number of nitrogens with zero attached hydrogens (tertiary/aromatic N) is 2. The zero-order valence-electron chi connectivity index (χ0n) is 12.4. The lowest BCUT2D eigenvalue weighted by Crippen LogP contribution is -2.22. The summed E-state index contributed by atoms with van der Waals surface area (Å²) in [4.78, 5) is 0. The van der Waals surface area contributed by atoms with Crippen molar-refractivity contribution in [3.05, 3.63) is 46.5 Å². The predicted octanol–water partition coefficient (Wildman–Crippen LogP) is 3.40. The molecule has 21 heavy (non-hydrogen) atoms. The topological polar surface area (TPSA) is 39.1 Å². The standard InChI is InChI=1S/C15H19ClFN3O/c1-4-7-20-15(11(16)9-19-20)14(18-2)10-5-6-13(21-3)12(17)8-10/h5-6,8-9,14,18H,4,7H2,1-3H3. The zero-order valence-corrected chi connectivity index (χ0v) is 13.1. The second-order valence-corrected chi connectivity index (χ2v) is 5.12. The fraction of sp³-hybridized carbons (Fsp3) is 0.400. The van der Waals surface area contributed by atoms with E-state index in [1.54, 1.807) is 12.3 Å². The highest BCUT2D eigenvalue weighted by Crippen LogP contribution is 2.30. The van der Waals surface area contributed by atoms with Gasteiger partial charge in [-0.25, -0.2) is 4.39 Å². The van der Waals surface area contributed by atoms with Crippen molar-refractivity contribution in [3.63, 3.8) is 0 Å². The first-order chi connectivity index (χ1) is 10.1. The van der Waals surface area contributed by atoms with Crippen LogP contribution in [0.4, 0.5) is 4.39 Å². The molecular formula is C15H19ClFN3O. The van der Waals surface area contributed by atoms with Gasteiger partial charge in [0, 0.05) is 6.54 Å². The van der Waals surface area contributed by atoms with Crippen molar-refractivity contribution < 1.29 is 9.13 Å². The minimum Gasteiger partial charge on any atom is -0.494 e. The fourth-order valence-corrected chi connectivity index (χ4v) is 2.62. The van der Waals surface area contributed by atoms with Crippen molar-refractivity contribution in [1.82, 2.24) is 15.1 Å². The number of halogens is 2. The van der Waals surface area contributed by atoms with Crippen molar-refractivity contribution >= 4 is 11.6 Å². The molecule has 6 heteroatoms. The molecule has 0 aliphatic carbocycles. The van der Waals surface area contributed by atoms with Gasteiger partial charge in [0.15, 0.2) is 11.6 Å². The van der Waals surface area contributed by atoms with E-state index >= 15 is 0 Å². The monoisotopic (exact) mass is 311 g/mol. The summed E-state index contributed by atoms with van der Waals surface area (Å²) in [5.74, 6) is -0.172. The van der Waals surface area contributed by atoms with Crippen molar-refractivity contribution in [3.8, 4) is 5.75 Å². The molecule has 0 saturated carbocycles. The van der Waals surface area contributed by atoms with Crippen LogP contribution in [0.15, 0.2) is 24.4 Å². The van der Waals surface area contributed by atoms with Crippen LogP contribution in [0, 0.1) is 5.82 Å². The van der Waals surface area contributed by atoms with Gasteiger partial charge in [-0.1, -0.05) is 24.6 Å². The molecule has 0 aliphatic rings. The van der Waals surface area contributed by atoms with E-state index < -0.39 is 5.82 Å². The molecule has 1 unspecified atom stereocenters. The highest BCUT2D eigenvalue weighted by molar-refractivity contribution is 6.31. The molecule has 1 aromatic carbocycles. The average Bonchev–Trinajstić information content (AvgIpc) is 2.82. The Morgan fingerprint density at radius 3 is 2.81 bits per heavy atom. The minimum atomic E-state index is -0.395. The molecule has 0 amide bonds. The maximum Gasteiger partial charge on any atom is 0.165 e. The zero-order chi connectivity index (χ0) is 15.4. The molecule has 0 bridgehead atoms. The van der Waals surface area contributed by atoms with Crippen LogP contribution < -0.4 is 10.1 Å². The maximum absolute atomic E-state index is 13.9. The van der Waals surface area contributed by atoms with Crippen molar-refractivity contribution in [2.45, 2.75) is 25.9 Å². The first-order valence-electron chi connectivity index (χ1n) is 6.84. The Kier molecular flexibility index (Phi) is 5.20. The third-order valence-corrected chi connectivity index (χ3v) is 3.63. The third-order valence-electron chi connectivity index (χ3n) is 3.34. The molecule has 0 spiro atoms. The highest BCUT2D eigenvalue weighted by atomic mass is 35.5. The molecule has 1 N–H and O–H groups in total. The largest absolute Gasteiger partial charge is 0.494 e. The Bertz CT molecular complexity index is 615. The molecule has 114 valence electrons. The van der Waals surface area contributed by atoms with Crippen LogP contribution in [0.3, 0.4) is 0 Å². The minimum absolute atomic E-state index is 0.224. The highest BCUT2D eigenvalue weighted by Gasteiger charge is 2.21. The van der Waals surface area contributed by atoms with Crippen LogP contribution in [-0.2, 0) is 6.54 Å². The van der Waals surface area contributed by atoms with Crippen LogP contribution in [0.25, 0.3) is 0 Å². The summed E-state index contributed by atoms with van der Waals surface area (Å²) < 4.78 is 20.7. The third kappa shape index (κ3) is 3.19. The average molecular weight is 312 g/mol. The number of aromatic nitrogens is 2. The van der Waals surface area contributed by atoms with Gasteiger partial charge in [-0.15, -0.1) is 0 Å². The number of nitrogens with one attached hydrogen (secondary N) is 1. The Morgan fingerprint density at radius 1 is 1.48 bits per heavy atom. The lowest BCUT2D eigenvalue weighted by atomic mass is 10.0. The smallest absolute Gasteiger partial charge is 0.165 e.